The monoisotopic (exact) mass is 2190 g/mol. The van der Waals surface area contributed by atoms with Crippen LogP contribution in [0.4, 0.5) is 38.2 Å². The van der Waals surface area contributed by atoms with Crippen molar-refractivity contribution in [2.75, 3.05) is 136 Å². The van der Waals surface area contributed by atoms with Gasteiger partial charge in [0, 0.05) is 167 Å². The number of rotatable bonds is 45. The van der Waals surface area contributed by atoms with Crippen molar-refractivity contribution in [3.63, 3.8) is 0 Å². The van der Waals surface area contributed by atoms with Crippen molar-refractivity contribution in [3.05, 3.63) is 174 Å². The second kappa shape index (κ2) is 61.3. The maximum Gasteiger partial charge on any atom is 0.490 e. The van der Waals surface area contributed by atoms with Gasteiger partial charge in [-0.25, -0.2) is 36.4 Å². The minimum Gasteiger partial charge on any atom is -0.480 e. The molecule has 150 heavy (non-hydrogen) atoms. The maximum absolute atomic E-state index is 14.0. The van der Waals surface area contributed by atoms with Crippen molar-refractivity contribution in [1.82, 2.24) is 90.0 Å². The number of aldehydes is 1. The lowest BCUT2D eigenvalue weighted by molar-refractivity contribution is -0.193. The van der Waals surface area contributed by atoms with E-state index in [-0.39, 0.29) is 112 Å². The number of hydrogen-bond donors (Lipinski definition) is 23. The molecule has 2 unspecified atom stereocenters. The third-order valence-corrected chi connectivity index (χ3v) is 26.2. The lowest BCUT2D eigenvalue weighted by atomic mass is 10.1. The van der Waals surface area contributed by atoms with Crippen LogP contribution in [-0.2, 0) is 104 Å². The molecule has 51 nitrogen and oxygen atoms in total. The first-order valence-corrected chi connectivity index (χ1v) is 50.1. The zero-order chi connectivity index (χ0) is 113. The van der Waals surface area contributed by atoms with E-state index in [4.69, 9.17) is 35.7 Å². The lowest BCUT2D eigenvalue weighted by Gasteiger charge is -2.32. The fourth-order valence-electron chi connectivity index (χ4n) is 14.9. The highest BCUT2D eigenvalue weighted by atomic mass is 32.2. The molecule has 0 saturated carbocycles. The summed E-state index contributed by atoms with van der Waals surface area (Å²) in [5, 5.41) is 99.0. The van der Waals surface area contributed by atoms with Gasteiger partial charge in [-0.05, 0) is 131 Å². The minimum atomic E-state index is -5.08. The predicted molar refractivity (Wildman–Crippen MR) is 528 cm³/mol. The molecule has 24 N–H and O–H groups in total. The summed E-state index contributed by atoms with van der Waals surface area (Å²) in [6.07, 6.45) is -1.10. The van der Waals surface area contributed by atoms with Gasteiger partial charge in [-0.1, -0.05) is 54.4 Å². The van der Waals surface area contributed by atoms with E-state index in [9.17, 15) is 139 Å². The molecule has 0 radical (unpaired) electrons. The van der Waals surface area contributed by atoms with Crippen molar-refractivity contribution in [3.8, 4) is 0 Å². The number of nitrogens with two attached hydrogens (primary N) is 1. The number of aryl methyl sites for hydroxylation is 8. The Kier molecular flexibility index (Phi) is 52.5. The zero-order valence-corrected chi connectivity index (χ0v) is 85.3. The highest BCUT2D eigenvalue weighted by Crippen LogP contribution is 2.26. The number of halogens is 6. The number of H-pyrrole nitrogens is 2. The molecule has 1 fully saturated rings. The van der Waals surface area contributed by atoms with Crippen LogP contribution in [0.5, 0.6) is 0 Å². The van der Waals surface area contributed by atoms with Gasteiger partial charge in [-0.15, -0.1) is 0 Å². The van der Waals surface area contributed by atoms with E-state index in [1.807, 2.05) is 13.0 Å². The third-order valence-electron chi connectivity index (χ3n) is 21.8. The molecule has 1 aliphatic rings. The van der Waals surface area contributed by atoms with E-state index in [0.717, 1.165) is 30.9 Å². The van der Waals surface area contributed by atoms with Crippen molar-refractivity contribution < 1.29 is 160 Å². The van der Waals surface area contributed by atoms with Crippen molar-refractivity contribution in [2.24, 2.45) is 5.73 Å². The Morgan fingerprint density at radius 3 is 1.23 bits per heavy atom. The fourth-order valence-corrected chi connectivity index (χ4v) is 18.8. The average molecular weight is 2190 g/mol. The second-order valence-electron chi connectivity index (χ2n) is 33.4. The van der Waals surface area contributed by atoms with Crippen LogP contribution in [0.2, 0.25) is 0 Å². The van der Waals surface area contributed by atoms with Crippen LogP contribution in [-0.4, -0.2) is 364 Å². The van der Waals surface area contributed by atoms with Gasteiger partial charge in [0.15, 0.2) is 11.9 Å². The molecule has 6 amide bonds. The summed E-state index contributed by atoms with van der Waals surface area (Å²) in [5.41, 5.74) is 9.74. The van der Waals surface area contributed by atoms with Crippen LogP contribution in [0.25, 0.3) is 21.8 Å². The number of sulfonamides is 2. The molecule has 0 bridgehead atoms. The van der Waals surface area contributed by atoms with Crippen LogP contribution >= 0.6 is 0 Å². The number of amides is 6. The standard InChI is InChI=1S/C55H80N14O18S2.C29H35N7O6S.2C2HF3O2.2CH4O/c1-5-42(62-46(73)10-9-43(53(80)61-39(31-70)32-88(83,84)85)63-47(74)29-65-15-16-66(30-48(75)76)18-20-68(34-72)22-21-67(33-71)19-17-65)52(79)56-11-6-14-69-28-41(49(77)40-8-7-38(25-45(40)69)26-60-55-57-12-13-58-55)51(78)59-27-44(54(81)82)64-89(86,87)50-36(3)23-35(2)24-37(50)4;1-17-11-18(2)26(19(3)12-17)43(41,42)35-23(28(39)40)15-33-27(38)22-16-36(10-4-7-30)24-13-20(5-6-21(24)25(22)37)14-34-29-31-8-9-32-29;2*3-2(4,5)1(6)7;2*1-2/h7-8,12-13,23-25,28,31,39,42-44,64,71-72H,5-6,9-11,14-22,26-27,29-30,32-34H2,1-4H3,(H,56,79)(H,59,78)(H,61,80)(H,62,73)(H,63,74)(H,75,76)(H,81,82)(H2,57,58,60)(H,83,84,85);5-6,8-9,11-13,16,23,35H,4,7,10,14-15,30H2,1-3H3,(H,33,38)(H,39,40)(H2,31,32,34);2*(H,6,7);2*2H,1H3/t39-,42+,43+,44?;;;;;/m1...../s1. The van der Waals surface area contributed by atoms with E-state index in [0.29, 0.717) is 102 Å². The summed E-state index contributed by atoms with van der Waals surface area (Å²) < 4.78 is 157. The molecule has 0 aliphatic carbocycles. The SMILES string of the molecule is CC[C@H](NC(=O)CC[C@H](NC(=O)CN1CCN(CO)CCN(CO)CCN(CC(=O)O)CC1)C(=O)N[C@H](C=O)CS(=O)(=O)O)C(=O)NCCCn1cc(C(=O)NCC(NS(=O)(=O)c2c(C)cc(C)cc2C)C(=O)O)c(=O)c2ccc(CNc3ncc[nH]3)cc21.CO.CO.Cc1cc(C)c(S(=O)(=O)NC(CNC(=O)c2cn(CCCN)c3cc(CNc4ncc[nH]4)ccc3c2=O)C(=O)O)c(C)c1.O=C(O)C(F)(F)F.O=C(O)C(F)(F)F. The molecule has 8 aromatic rings. The number of benzene rings is 4. The van der Waals surface area contributed by atoms with Gasteiger partial charge in [0.05, 0.1) is 47.4 Å². The van der Waals surface area contributed by atoms with E-state index in [2.05, 4.69) is 71.9 Å². The molecule has 0 spiro atoms. The summed E-state index contributed by atoms with van der Waals surface area (Å²) in [4.78, 5) is 195. The van der Waals surface area contributed by atoms with Gasteiger partial charge in [-0.3, -0.25) is 76.9 Å². The van der Waals surface area contributed by atoms with Crippen molar-refractivity contribution in [2.45, 2.75) is 159 Å². The number of carbonyl (C=O) groups is 12. The van der Waals surface area contributed by atoms with E-state index in [1.54, 1.807) is 144 Å². The summed E-state index contributed by atoms with van der Waals surface area (Å²) in [6.45, 7) is 12.3. The number of aliphatic carboxylic acids is 5. The number of fused-ring (bicyclic) bond motifs is 2. The van der Waals surface area contributed by atoms with Crippen molar-refractivity contribution >= 4 is 135 Å². The number of pyridine rings is 2. The zero-order valence-electron chi connectivity index (χ0n) is 82.9. The fraction of sp³-hybridized carbons (Fsp3) is 0.467. The topological polar surface area (TPSA) is 770 Å². The van der Waals surface area contributed by atoms with Gasteiger partial charge in [0.2, 0.25) is 54.5 Å². The van der Waals surface area contributed by atoms with Gasteiger partial charge in [0.25, 0.3) is 21.9 Å². The summed E-state index contributed by atoms with van der Waals surface area (Å²) in [5.74, 6) is -15.0. The number of nitrogens with zero attached hydrogens (tertiary/aromatic N) is 8. The highest BCUT2D eigenvalue weighted by molar-refractivity contribution is 7.90. The van der Waals surface area contributed by atoms with Crippen molar-refractivity contribution in [1.29, 1.82) is 0 Å². The molecule has 1 aliphatic heterocycles. The van der Waals surface area contributed by atoms with Crippen LogP contribution in [0.1, 0.15) is 104 Å². The smallest absolute Gasteiger partial charge is 0.480 e. The number of aliphatic hydroxyl groups is 4. The first-order chi connectivity index (χ1) is 70.4. The number of carbonyl (C=O) groups excluding carboxylic acids is 7. The quantitative estimate of drug-likeness (QED) is 0.00954. The first kappa shape index (κ1) is 128. The lowest BCUT2D eigenvalue weighted by Crippen LogP contribution is -2.54. The Morgan fingerprint density at radius 2 is 0.893 bits per heavy atom. The number of aliphatic hydroxyl groups excluding tert-OH is 4. The number of alkyl halides is 6. The van der Waals surface area contributed by atoms with Crippen LogP contribution in [0.15, 0.2) is 117 Å². The molecule has 5 heterocycles. The average Bonchev–Trinajstić information content (AvgIpc) is 0.806. The Morgan fingerprint density at radius 1 is 0.513 bits per heavy atom. The van der Waals surface area contributed by atoms with Crippen LogP contribution in [0.3, 0.4) is 0 Å². The number of anilines is 2. The summed E-state index contributed by atoms with van der Waals surface area (Å²) in [7, 11) is -11.5. The maximum atomic E-state index is 14.0. The summed E-state index contributed by atoms with van der Waals surface area (Å²) >= 11 is 0. The molecule has 9 rings (SSSR count). The Bertz CT molecular complexity index is 6360. The number of carboxylic acid groups (broad SMARTS) is 5. The van der Waals surface area contributed by atoms with Crippen LogP contribution in [0, 0.1) is 41.5 Å². The van der Waals surface area contributed by atoms with Gasteiger partial charge >= 0.3 is 42.2 Å². The molecule has 4 aromatic heterocycles. The number of carboxylic acids is 5. The van der Waals surface area contributed by atoms with Gasteiger partial charge in [0.1, 0.15) is 53.4 Å². The molecule has 4 aromatic carbocycles. The van der Waals surface area contributed by atoms with E-state index >= 15 is 0 Å². The Hall–Kier alpha value is -13.9. The molecule has 5 atom stereocenters. The number of aromatic amines is 2. The molecule has 60 heteroatoms. The second-order valence-corrected chi connectivity index (χ2v) is 38.2. The predicted octanol–water partition coefficient (Wildman–Crippen LogP) is -0.877. The van der Waals surface area contributed by atoms with Gasteiger partial charge in [-0.2, -0.15) is 44.2 Å². The molecule has 830 valence electrons. The number of imidazole rings is 2. The molecule has 1 saturated heterocycles. The first-order valence-electron chi connectivity index (χ1n) is 45.5. The third kappa shape index (κ3) is 42.3. The Balaban J connectivity index is 0.000000628. The van der Waals surface area contributed by atoms with E-state index < -0.39 is 193 Å². The number of aromatic nitrogens is 6. The normalized spacial score (nSPS) is 14.0. The highest BCUT2D eigenvalue weighted by Gasteiger charge is 2.40. The van der Waals surface area contributed by atoms with E-state index in [1.165, 1.54) is 18.5 Å². The summed E-state index contributed by atoms with van der Waals surface area (Å²) in [6, 6.07) is 8.71. The molecular formula is C90H125F6N21O30S3. The molecular weight excluding hydrogens is 2070 g/mol. The van der Waals surface area contributed by atoms with Gasteiger partial charge < -0.3 is 118 Å². The Labute approximate surface area is 855 Å². The number of hydrogen-bond acceptors (Lipinski definition) is 33. The van der Waals surface area contributed by atoms with Crippen LogP contribution < -0.4 is 68.6 Å². The minimum absolute atomic E-state index is 0.0216. The number of nitrogens with one attached hydrogen (secondary N) is 12. The largest absolute Gasteiger partial charge is 0.490 e.